The van der Waals surface area contributed by atoms with Crippen LogP contribution in [-0.4, -0.2) is 33.3 Å². The third-order valence-electron chi connectivity index (χ3n) is 3.67. The quantitative estimate of drug-likeness (QED) is 0.781. The molecule has 2 rings (SSSR count). The van der Waals surface area contributed by atoms with Crippen molar-refractivity contribution in [2.24, 2.45) is 7.05 Å². The average Bonchev–Trinajstić information content (AvgIpc) is 2.66. The molecule has 1 aromatic rings. The lowest BCUT2D eigenvalue weighted by Gasteiger charge is -2.28. The van der Waals surface area contributed by atoms with Crippen LogP contribution in [0.2, 0.25) is 0 Å². The van der Waals surface area contributed by atoms with Crippen molar-refractivity contribution in [3.8, 4) is 0 Å². The Labute approximate surface area is 121 Å². The second kappa shape index (κ2) is 6.37. The lowest BCUT2D eigenvalue weighted by atomic mass is 10.1. The standard InChI is InChI=1S/C14H19BrN2O2/c1-16-8-6-11(9-13(16)18)14(19)17-7-4-2-3-5-12(17)10-15/h6,8-9,12H,2-5,7,10H2,1H3. The van der Waals surface area contributed by atoms with Crippen LogP contribution in [0.15, 0.2) is 23.1 Å². The van der Waals surface area contributed by atoms with E-state index in [1.807, 2.05) is 4.90 Å². The maximum atomic E-state index is 12.5. The normalized spacial score (nSPS) is 20.1. The van der Waals surface area contributed by atoms with E-state index in [4.69, 9.17) is 0 Å². The molecule has 0 spiro atoms. The molecule has 0 aliphatic carbocycles. The number of nitrogens with zero attached hydrogens (tertiary/aromatic N) is 2. The van der Waals surface area contributed by atoms with Gasteiger partial charge in [-0.1, -0.05) is 28.8 Å². The van der Waals surface area contributed by atoms with Gasteiger partial charge in [0.15, 0.2) is 0 Å². The Bertz CT molecular complexity index is 512. The van der Waals surface area contributed by atoms with E-state index in [9.17, 15) is 9.59 Å². The first-order valence-corrected chi connectivity index (χ1v) is 7.79. The van der Waals surface area contributed by atoms with Gasteiger partial charge in [0.1, 0.15) is 0 Å². The van der Waals surface area contributed by atoms with Crippen molar-refractivity contribution in [1.82, 2.24) is 9.47 Å². The molecule has 5 heteroatoms. The van der Waals surface area contributed by atoms with E-state index in [1.54, 1.807) is 19.3 Å². The van der Waals surface area contributed by atoms with E-state index in [-0.39, 0.29) is 17.5 Å². The number of rotatable bonds is 2. The second-order valence-corrected chi connectivity index (χ2v) is 5.67. The van der Waals surface area contributed by atoms with Gasteiger partial charge >= 0.3 is 0 Å². The fraction of sp³-hybridized carbons (Fsp3) is 0.571. The Kier molecular flexibility index (Phi) is 4.80. The second-order valence-electron chi connectivity index (χ2n) is 5.02. The summed E-state index contributed by atoms with van der Waals surface area (Å²) in [7, 11) is 1.68. The Morgan fingerprint density at radius 2 is 2.21 bits per heavy atom. The molecule has 1 aliphatic rings. The van der Waals surface area contributed by atoms with Crippen LogP contribution in [0.3, 0.4) is 0 Å². The highest BCUT2D eigenvalue weighted by Gasteiger charge is 2.25. The number of hydrogen-bond donors (Lipinski definition) is 0. The number of alkyl halides is 1. The van der Waals surface area contributed by atoms with Gasteiger partial charge in [-0.05, 0) is 18.9 Å². The van der Waals surface area contributed by atoms with Crippen LogP contribution in [0.25, 0.3) is 0 Å². The third-order valence-corrected chi connectivity index (χ3v) is 4.41. The molecule has 1 amide bonds. The summed E-state index contributed by atoms with van der Waals surface area (Å²) in [6.45, 7) is 0.782. The van der Waals surface area contributed by atoms with Crippen LogP contribution in [-0.2, 0) is 7.05 Å². The predicted octanol–water partition coefficient (Wildman–Crippen LogP) is 2.17. The van der Waals surface area contributed by atoms with Crippen LogP contribution in [0.4, 0.5) is 0 Å². The van der Waals surface area contributed by atoms with Crippen molar-refractivity contribution in [1.29, 1.82) is 0 Å². The smallest absolute Gasteiger partial charge is 0.254 e. The minimum Gasteiger partial charge on any atom is -0.335 e. The van der Waals surface area contributed by atoms with E-state index in [0.29, 0.717) is 5.56 Å². The Morgan fingerprint density at radius 3 is 2.89 bits per heavy atom. The molecule has 1 aromatic heterocycles. The molecule has 1 atom stereocenters. The minimum atomic E-state index is -0.143. The summed E-state index contributed by atoms with van der Waals surface area (Å²) in [6, 6.07) is 3.39. The lowest BCUT2D eigenvalue weighted by molar-refractivity contribution is 0.0702. The van der Waals surface area contributed by atoms with E-state index in [0.717, 1.165) is 31.1 Å². The third kappa shape index (κ3) is 3.26. The van der Waals surface area contributed by atoms with Gasteiger partial charge in [0.2, 0.25) is 0 Å². The van der Waals surface area contributed by atoms with E-state index >= 15 is 0 Å². The van der Waals surface area contributed by atoms with Crippen LogP contribution in [0.1, 0.15) is 36.0 Å². The highest BCUT2D eigenvalue weighted by atomic mass is 79.9. The molecule has 1 aliphatic heterocycles. The summed E-state index contributed by atoms with van der Waals surface area (Å²) >= 11 is 3.49. The van der Waals surface area contributed by atoms with Gasteiger partial charge in [0.05, 0.1) is 0 Å². The van der Waals surface area contributed by atoms with Gasteiger partial charge < -0.3 is 9.47 Å². The summed E-state index contributed by atoms with van der Waals surface area (Å²) in [6.07, 6.45) is 6.05. The Hall–Kier alpha value is -1.10. The summed E-state index contributed by atoms with van der Waals surface area (Å²) < 4.78 is 1.47. The number of carbonyl (C=O) groups excluding carboxylic acids is 1. The van der Waals surface area contributed by atoms with Gasteiger partial charge in [-0.15, -0.1) is 0 Å². The van der Waals surface area contributed by atoms with Crippen molar-refractivity contribution in [3.05, 3.63) is 34.2 Å². The molecule has 0 radical (unpaired) electrons. The summed E-state index contributed by atoms with van der Waals surface area (Å²) in [5.74, 6) is -0.0240. The maximum absolute atomic E-state index is 12.5. The summed E-state index contributed by atoms with van der Waals surface area (Å²) in [5.41, 5.74) is 0.354. The Balaban J connectivity index is 2.25. The molecule has 19 heavy (non-hydrogen) atoms. The van der Waals surface area contributed by atoms with Gasteiger partial charge in [-0.25, -0.2) is 0 Å². The van der Waals surface area contributed by atoms with Gasteiger partial charge in [-0.2, -0.15) is 0 Å². The first-order valence-electron chi connectivity index (χ1n) is 6.67. The highest BCUT2D eigenvalue weighted by Crippen LogP contribution is 2.20. The zero-order chi connectivity index (χ0) is 13.8. The summed E-state index contributed by atoms with van der Waals surface area (Å²) in [5, 5.41) is 0.795. The topological polar surface area (TPSA) is 42.3 Å². The van der Waals surface area contributed by atoms with E-state index in [2.05, 4.69) is 15.9 Å². The summed E-state index contributed by atoms with van der Waals surface area (Å²) in [4.78, 5) is 26.1. The minimum absolute atomic E-state index is 0.0240. The molecule has 0 aromatic carbocycles. The van der Waals surface area contributed by atoms with Crippen molar-refractivity contribution in [3.63, 3.8) is 0 Å². The molecule has 0 bridgehead atoms. The molecule has 104 valence electrons. The van der Waals surface area contributed by atoms with Crippen molar-refractivity contribution in [2.75, 3.05) is 11.9 Å². The SMILES string of the molecule is Cn1ccc(C(=O)N2CCCCCC2CBr)cc1=O. The molecule has 0 N–H and O–H groups in total. The van der Waals surface area contributed by atoms with Crippen molar-refractivity contribution in [2.45, 2.75) is 31.7 Å². The van der Waals surface area contributed by atoms with Crippen molar-refractivity contribution >= 4 is 21.8 Å². The number of amides is 1. The van der Waals surface area contributed by atoms with E-state index < -0.39 is 0 Å². The zero-order valence-corrected chi connectivity index (χ0v) is 12.7. The molecule has 0 saturated carbocycles. The lowest BCUT2D eigenvalue weighted by Crippen LogP contribution is -2.41. The number of aryl methyl sites for hydroxylation is 1. The molecular weight excluding hydrogens is 308 g/mol. The fourth-order valence-electron chi connectivity index (χ4n) is 2.45. The highest BCUT2D eigenvalue weighted by molar-refractivity contribution is 9.09. The zero-order valence-electron chi connectivity index (χ0n) is 11.1. The number of likely N-dealkylation sites (tertiary alicyclic amines) is 1. The largest absolute Gasteiger partial charge is 0.335 e. The molecule has 4 nitrogen and oxygen atoms in total. The molecular formula is C14H19BrN2O2. The monoisotopic (exact) mass is 326 g/mol. The number of aromatic nitrogens is 1. The molecule has 2 heterocycles. The van der Waals surface area contributed by atoms with Crippen LogP contribution in [0, 0.1) is 0 Å². The first-order chi connectivity index (χ1) is 9.13. The Morgan fingerprint density at radius 1 is 1.42 bits per heavy atom. The van der Waals surface area contributed by atoms with Crippen LogP contribution in [0.5, 0.6) is 0 Å². The van der Waals surface area contributed by atoms with Gasteiger partial charge in [-0.3, -0.25) is 9.59 Å². The fourth-order valence-corrected chi connectivity index (χ4v) is 3.13. The van der Waals surface area contributed by atoms with Crippen LogP contribution >= 0.6 is 15.9 Å². The number of hydrogen-bond acceptors (Lipinski definition) is 2. The first kappa shape index (κ1) is 14.3. The molecule has 1 saturated heterocycles. The van der Waals surface area contributed by atoms with Gasteiger partial charge in [0, 0.05) is 42.8 Å². The molecule has 1 fully saturated rings. The maximum Gasteiger partial charge on any atom is 0.254 e. The number of carbonyl (C=O) groups is 1. The average molecular weight is 327 g/mol. The van der Waals surface area contributed by atoms with E-state index in [1.165, 1.54) is 17.1 Å². The molecule has 1 unspecified atom stereocenters. The van der Waals surface area contributed by atoms with Crippen LogP contribution < -0.4 is 5.56 Å². The van der Waals surface area contributed by atoms with Crippen molar-refractivity contribution < 1.29 is 4.79 Å². The number of halogens is 1. The predicted molar refractivity (Wildman–Crippen MR) is 78.8 cm³/mol. The van der Waals surface area contributed by atoms with Gasteiger partial charge in [0.25, 0.3) is 11.5 Å². The number of pyridine rings is 1.